The SMILES string of the molecule is CC=CCCc1ccc(OCC2CCC(C3CCC4CC(c5ccc(CCC)cc5)CCC4C3)CC2)c(F)c1F. The third-order valence-corrected chi connectivity index (χ3v) is 10.6. The van der Waals surface area contributed by atoms with Crippen molar-refractivity contribution in [3.05, 3.63) is 76.9 Å². The number of hydrogen-bond acceptors (Lipinski definition) is 1. The summed E-state index contributed by atoms with van der Waals surface area (Å²) >= 11 is 0. The Kier molecular flexibility index (Phi) is 10.4. The third kappa shape index (κ3) is 7.18. The van der Waals surface area contributed by atoms with E-state index >= 15 is 0 Å². The number of fused-ring (bicyclic) bond motifs is 1. The van der Waals surface area contributed by atoms with Gasteiger partial charge in [0.1, 0.15) is 0 Å². The van der Waals surface area contributed by atoms with Gasteiger partial charge < -0.3 is 4.74 Å². The highest BCUT2D eigenvalue weighted by atomic mass is 19.2. The molecule has 0 N–H and O–H groups in total. The van der Waals surface area contributed by atoms with Crippen LogP contribution in [0.5, 0.6) is 5.75 Å². The van der Waals surface area contributed by atoms with Gasteiger partial charge in [-0.2, -0.15) is 4.39 Å². The number of rotatable bonds is 10. The molecule has 0 bridgehead atoms. The third-order valence-electron chi connectivity index (χ3n) is 10.6. The lowest BCUT2D eigenvalue weighted by Crippen LogP contribution is -2.34. The smallest absolute Gasteiger partial charge is 0.200 e. The van der Waals surface area contributed by atoms with E-state index in [1.807, 2.05) is 19.1 Å². The van der Waals surface area contributed by atoms with Crippen molar-refractivity contribution in [1.82, 2.24) is 0 Å². The van der Waals surface area contributed by atoms with Crippen LogP contribution in [0, 0.1) is 41.2 Å². The van der Waals surface area contributed by atoms with E-state index in [1.54, 1.807) is 17.7 Å². The van der Waals surface area contributed by atoms with Crippen LogP contribution in [0.1, 0.15) is 114 Å². The first kappa shape index (κ1) is 29.3. The lowest BCUT2D eigenvalue weighted by Gasteiger charge is -2.45. The summed E-state index contributed by atoms with van der Waals surface area (Å²) in [5.74, 6) is 3.27. The molecular weight excluding hydrogens is 498 g/mol. The summed E-state index contributed by atoms with van der Waals surface area (Å²) < 4.78 is 34.9. The van der Waals surface area contributed by atoms with Crippen molar-refractivity contribution in [2.24, 2.45) is 29.6 Å². The largest absolute Gasteiger partial charge is 0.490 e. The van der Waals surface area contributed by atoms with Crippen molar-refractivity contribution in [3.8, 4) is 5.75 Å². The highest BCUT2D eigenvalue weighted by Gasteiger charge is 2.39. The van der Waals surface area contributed by atoms with Crippen LogP contribution in [0.3, 0.4) is 0 Å². The van der Waals surface area contributed by atoms with Crippen molar-refractivity contribution in [2.45, 2.75) is 110 Å². The molecule has 0 saturated heterocycles. The Morgan fingerprint density at radius 3 is 2.15 bits per heavy atom. The first-order chi connectivity index (χ1) is 19.6. The summed E-state index contributed by atoms with van der Waals surface area (Å²) in [6.45, 7) is 4.69. The van der Waals surface area contributed by atoms with Gasteiger partial charge in [-0.15, -0.1) is 0 Å². The van der Waals surface area contributed by atoms with Gasteiger partial charge in [0, 0.05) is 0 Å². The van der Waals surface area contributed by atoms with E-state index in [2.05, 4.69) is 31.2 Å². The molecule has 3 aliphatic rings. The van der Waals surface area contributed by atoms with Gasteiger partial charge in [-0.05, 0) is 149 Å². The topological polar surface area (TPSA) is 9.23 Å². The van der Waals surface area contributed by atoms with E-state index in [-0.39, 0.29) is 5.75 Å². The minimum Gasteiger partial charge on any atom is -0.490 e. The molecule has 0 amide bonds. The van der Waals surface area contributed by atoms with Gasteiger partial charge in [-0.3, -0.25) is 0 Å². The number of ether oxygens (including phenoxy) is 1. The van der Waals surface area contributed by atoms with Crippen LogP contribution >= 0.6 is 0 Å². The molecule has 2 aromatic rings. The summed E-state index contributed by atoms with van der Waals surface area (Å²) in [5, 5.41) is 0. The normalized spacial score (nSPS) is 28.9. The van der Waals surface area contributed by atoms with E-state index in [0.29, 0.717) is 30.9 Å². The van der Waals surface area contributed by atoms with Crippen LogP contribution in [0.25, 0.3) is 0 Å². The fraction of sp³-hybridized carbons (Fsp3) is 0.622. The maximum atomic E-state index is 14.6. The zero-order valence-corrected chi connectivity index (χ0v) is 24.9. The van der Waals surface area contributed by atoms with Crippen LogP contribution in [0.15, 0.2) is 48.6 Å². The van der Waals surface area contributed by atoms with Gasteiger partial charge in [-0.25, -0.2) is 4.39 Å². The Balaban J connectivity index is 1.05. The van der Waals surface area contributed by atoms with Crippen molar-refractivity contribution in [2.75, 3.05) is 6.61 Å². The van der Waals surface area contributed by atoms with E-state index in [0.717, 1.165) is 42.4 Å². The molecule has 3 heteroatoms. The van der Waals surface area contributed by atoms with Crippen LogP contribution in [-0.2, 0) is 12.8 Å². The van der Waals surface area contributed by atoms with Crippen molar-refractivity contribution >= 4 is 0 Å². The van der Waals surface area contributed by atoms with Gasteiger partial charge in [-0.1, -0.05) is 55.8 Å². The van der Waals surface area contributed by atoms with Gasteiger partial charge in [0.05, 0.1) is 6.61 Å². The minimum absolute atomic E-state index is 0.0697. The number of hydrogen-bond donors (Lipinski definition) is 0. The highest BCUT2D eigenvalue weighted by Crippen LogP contribution is 2.51. The monoisotopic (exact) mass is 548 g/mol. The van der Waals surface area contributed by atoms with Crippen LogP contribution in [0.2, 0.25) is 0 Å². The molecule has 3 fully saturated rings. The second-order valence-corrected chi connectivity index (χ2v) is 13.1. The fourth-order valence-corrected chi connectivity index (χ4v) is 8.22. The maximum absolute atomic E-state index is 14.6. The van der Waals surface area contributed by atoms with Crippen LogP contribution in [-0.4, -0.2) is 6.61 Å². The molecule has 0 spiro atoms. The van der Waals surface area contributed by atoms with Gasteiger partial charge >= 0.3 is 0 Å². The molecule has 1 nitrogen and oxygen atoms in total. The molecule has 218 valence electrons. The first-order valence-corrected chi connectivity index (χ1v) is 16.3. The Hall–Kier alpha value is -2.16. The molecule has 3 saturated carbocycles. The molecule has 0 heterocycles. The maximum Gasteiger partial charge on any atom is 0.200 e. The van der Waals surface area contributed by atoms with Crippen molar-refractivity contribution in [1.29, 1.82) is 0 Å². The molecule has 4 unspecified atom stereocenters. The second kappa shape index (κ2) is 14.1. The summed E-state index contributed by atoms with van der Waals surface area (Å²) in [6.07, 6.45) is 20.8. The predicted octanol–water partition coefficient (Wildman–Crippen LogP) is 10.6. The van der Waals surface area contributed by atoms with E-state index in [9.17, 15) is 8.78 Å². The highest BCUT2D eigenvalue weighted by molar-refractivity contribution is 5.31. The summed E-state index contributed by atoms with van der Waals surface area (Å²) in [6, 6.07) is 12.8. The molecule has 4 atom stereocenters. The number of allylic oxidation sites excluding steroid dienone is 2. The molecular formula is C37H50F2O. The van der Waals surface area contributed by atoms with E-state index < -0.39 is 11.6 Å². The van der Waals surface area contributed by atoms with E-state index in [4.69, 9.17) is 4.74 Å². The summed E-state index contributed by atoms with van der Waals surface area (Å²) in [7, 11) is 0. The molecule has 0 aromatic heterocycles. The minimum atomic E-state index is -0.827. The van der Waals surface area contributed by atoms with Gasteiger partial charge in [0.2, 0.25) is 5.82 Å². The van der Waals surface area contributed by atoms with E-state index in [1.165, 1.54) is 69.8 Å². The average molecular weight is 549 g/mol. The fourth-order valence-electron chi connectivity index (χ4n) is 8.22. The number of benzene rings is 2. The Bertz CT molecular complexity index is 1100. The quantitative estimate of drug-likeness (QED) is 0.268. The Morgan fingerprint density at radius 2 is 1.43 bits per heavy atom. The standard InChI is InChI=1S/C37H50F2O/c1-3-5-6-8-30-21-22-35(37(39)36(30)38)40-25-27-11-15-29(16-12-27)32-18-20-33-23-31(17-19-34(33)24-32)28-13-9-26(7-4-2)10-14-28/h3,5,9-10,13-14,21-22,27,29,31-34H,4,6-8,11-12,15-20,23-25H2,1-2H3. The van der Waals surface area contributed by atoms with Crippen molar-refractivity contribution in [3.63, 3.8) is 0 Å². The summed E-state index contributed by atoms with van der Waals surface area (Å²) in [5.41, 5.74) is 3.48. The van der Waals surface area contributed by atoms with Gasteiger partial charge in [0.25, 0.3) is 0 Å². The molecule has 40 heavy (non-hydrogen) atoms. The van der Waals surface area contributed by atoms with Crippen LogP contribution < -0.4 is 4.74 Å². The zero-order valence-electron chi connectivity index (χ0n) is 24.9. The first-order valence-electron chi connectivity index (χ1n) is 16.3. The van der Waals surface area contributed by atoms with Crippen molar-refractivity contribution < 1.29 is 13.5 Å². The summed E-state index contributed by atoms with van der Waals surface area (Å²) in [4.78, 5) is 0. The molecule has 0 aliphatic heterocycles. The molecule has 3 aliphatic carbocycles. The Labute approximate surface area is 241 Å². The zero-order chi connectivity index (χ0) is 27.9. The van der Waals surface area contributed by atoms with Crippen LogP contribution in [0.4, 0.5) is 8.78 Å². The second-order valence-electron chi connectivity index (χ2n) is 13.1. The number of aryl methyl sites for hydroxylation is 2. The molecule has 2 aromatic carbocycles. The lowest BCUT2D eigenvalue weighted by atomic mass is 9.60. The predicted molar refractivity (Wildman–Crippen MR) is 162 cm³/mol. The Morgan fingerprint density at radius 1 is 0.750 bits per heavy atom. The number of halogens is 2. The van der Waals surface area contributed by atoms with Gasteiger partial charge in [0.15, 0.2) is 11.6 Å². The average Bonchev–Trinajstić information content (AvgIpc) is 2.99. The molecule has 5 rings (SSSR count). The lowest BCUT2D eigenvalue weighted by molar-refractivity contribution is 0.0663. The molecule has 0 radical (unpaired) electrons.